The monoisotopic (exact) mass is 269 g/mol. The highest BCUT2D eigenvalue weighted by atomic mass is 16.1. The van der Waals surface area contributed by atoms with E-state index in [9.17, 15) is 4.79 Å². The largest absolute Gasteiger partial charge is 0.366 e. The van der Waals surface area contributed by atoms with E-state index in [0.29, 0.717) is 12.1 Å². The summed E-state index contributed by atoms with van der Waals surface area (Å²) >= 11 is 0. The minimum Gasteiger partial charge on any atom is -0.366 e. The zero-order valence-electron chi connectivity index (χ0n) is 11.3. The van der Waals surface area contributed by atoms with Crippen molar-refractivity contribution in [1.29, 1.82) is 0 Å². The molecule has 0 aliphatic heterocycles. The van der Waals surface area contributed by atoms with E-state index in [-0.39, 0.29) is 0 Å². The van der Waals surface area contributed by atoms with Gasteiger partial charge < -0.3 is 5.73 Å². The molecule has 0 saturated heterocycles. The molecule has 1 amide bonds. The maximum absolute atomic E-state index is 10.9. The minimum absolute atomic E-state index is 0.398. The highest BCUT2D eigenvalue weighted by Gasteiger charge is 1.99. The number of hydrazine groups is 1. The summed E-state index contributed by atoms with van der Waals surface area (Å²) in [6.45, 7) is 1.57. The van der Waals surface area contributed by atoms with Crippen LogP contribution in [0.25, 0.3) is 0 Å². The number of hydrogen-bond acceptors (Lipinski definition) is 3. The molecule has 0 aromatic heterocycles. The zero-order valence-corrected chi connectivity index (χ0v) is 11.3. The number of carbonyl (C=O) groups excluding carboxylic acids is 1. The summed E-state index contributed by atoms with van der Waals surface area (Å²) in [5, 5.41) is 0. The number of nitrogens with two attached hydrogens (primary N) is 1. The predicted octanol–water partition coefficient (Wildman–Crippen LogP) is 1.62. The summed E-state index contributed by atoms with van der Waals surface area (Å²) in [6, 6.07) is 17.6. The Morgan fingerprint density at radius 1 is 0.900 bits per heavy atom. The van der Waals surface area contributed by atoms with E-state index >= 15 is 0 Å². The maximum atomic E-state index is 10.9. The topological polar surface area (TPSA) is 67.2 Å². The number of hydrogen-bond donors (Lipinski definition) is 3. The number of carbonyl (C=O) groups is 1. The molecule has 0 heterocycles. The van der Waals surface area contributed by atoms with Crippen LogP contribution in [0.2, 0.25) is 0 Å². The first kappa shape index (κ1) is 14.2. The predicted molar refractivity (Wildman–Crippen MR) is 79.9 cm³/mol. The lowest BCUT2D eigenvalue weighted by Crippen LogP contribution is -2.32. The average molecular weight is 269 g/mol. The van der Waals surface area contributed by atoms with E-state index in [2.05, 4.69) is 23.0 Å². The second-order valence-corrected chi connectivity index (χ2v) is 4.58. The van der Waals surface area contributed by atoms with Crippen molar-refractivity contribution in [3.8, 4) is 0 Å². The fourth-order valence-electron chi connectivity index (χ4n) is 1.89. The number of nitrogens with one attached hydrogen (secondary N) is 2. The molecule has 4 heteroatoms. The van der Waals surface area contributed by atoms with Crippen molar-refractivity contribution in [1.82, 2.24) is 10.9 Å². The Hall–Kier alpha value is -2.17. The van der Waals surface area contributed by atoms with Crippen molar-refractivity contribution in [3.63, 3.8) is 0 Å². The molecule has 0 atom stereocenters. The number of amides is 1. The molecule has 104 valence electrons. The molecule has 2 aromatic carbocycles. The van der Waals surface area contributed by atoms with E-state index in [4.69, 9.17) is 5.73 Å². The normalized spacial score (nSPS) is 10.4. The average Bonchev–Trinajstić information content (AvgIpc) is 2.48. The molecule has 2 aromatic rings. The number of primary amides is 1. The molecule has 0 saturated carbocycles. The third-order valence-electron chi connectivity index (χ3n) is 3.04. The zero-order chi connectivity index (χ0) is 14.2. The third-order valence-corrected chi connectivity index (χ3v) is 3.04. The van der Waals surface area contributed by atoms with Crippen molar-refractivity contribution in [2.75, 3.05) is 6.54 Å². The van der Waals surface area contributed by atoms with Gasteiger partial charge >= 0.3 is 0 Å². The van der Waals surface area contributed by atoms with Crippen LogP contribution in [0.4, 0.5) is 0 Å². The Bertz CT molecular complexity index is 537. The quantitative estimate of drug-likeness (QED) is 0.528. The lowest BCUT2D eigenvalue weighted by Gasteiger charge is -2.07. The Morgan fingerprint density at radius 3 is 2.25 bits per heavy atom. The smallest absolute Gasteiger partial charge is 0.248 e. The van der Waals surface area contributed by atoms with E-state index in [1.165, 1.54) is 5.56 Å². The molecule has 4 nitrogen and oxygen atoms in total. The van der Waals surface area contributed by atoms with E-state index in [1.54, 1.807) is 12.1 Å². The van der Waals surface area contributed by atoms with Crippen LogP contribution < -0.4 is 16.6 Å². The van der Waals surface area contributed by atoms with Crippen molar-refractivity contribution >= 4 is 5.91 Å². The van der Waals surface area contributed by atoms with Gasteiger partial charge in [-0.05, 0) is 29.7 Å². The summed E-state index contributed by atoms with van der Waals surface area (Å²) in [4.78, 5) is 10.9. The molecule has 0 spiro atoms. The van der Waals surface area contributed by atoms with Crippen LogP contribution in [0, 0.1) is 0 Å². The van der Waals surface area contributed by atoms with Gasteiger partial charge in [0.25, 0.3) is 0 Å². The van der Waals surface area contributed by atoms with Crippen LogP contribution in [-0.4, -0.2) is 12.5 Å². The fourth-order valence-corrected chi connectivity index (χ4v) is 1.89. The van der Waals surface area contributed by atoms with Gasteiger partial charge in [-0.2, -0.15) is 0 Å². The van der Waals surface area contributed by atoms with Gasteiger partial charge in [0, 0.05) is 18.7 Å². The van der Waals surface area contributed by atoms with Gasteiger partial charge in [-0.1, -0.05) is 42.5 Å². The molecule has 0 fully saturated rings. The third kappa shape index (κ3) is 4.50. The van der Waals surface area contributed by atoms with E-state index in [0.717, 1.165) is 18.5 Å². The SMILES string of the molecule is NC(=O)c1ccc(CNNCCc2ccccc2)cc1. The van der Waals surface area contributed by atoms with Gasteiger partial charge in [0.1, 0.15) is 0 Å². The Kier molecular flexibility index (Phi) is 5.29. The van der Waals surface area contributed by atoms with Crippen LogP contribution >= 0.6 is 0 Å². The summed E-state index contributed by atoms with van der Waals surface area (Å²) in [7, 11) is 0. The fraction of sp³-hybridized carbons (Fsp3) is 0.188. The number of benzene rings is 2. The molecule has 2 rings (SSSR count). The van der Waals surface area contributed by atoms with Crippen LogP contribution in [0.3, 0.4) is 0 Å². The van der Waals surface area contributed by atoms with E-state index in [1.807, 2.05) is 30.3 Å². The molecular formula is C16H19N3O. The second-order valence-electron chi connectivity index (χ2n) is 4.58. The summed E-state index contributed by atoms with van der Waals surface area (Å²) in [6.07, 6.45) is 0.981. The summed E-state index contributed by atoms with van der Waals surface area (Å²) in [5.74, 6) is -0.398. The van der Waals surface area contributed by atoms with Crippen molar-refractivity contribution < 1.29 is 4.79 Å². The maximum Gasteiger partial charge on any atom is 0.248 e. The minimum atomic E-state index is -0.398. The first-order valence-corrected chi connectivity index (χ1v) is 6.64. The lowest BCUT2D eigenvalue weighted by atomic mass is 10.1. The Morgan fingerprint density at radius 2 is 1.60 bits per heavy atom. The van der Waals surface area contributed by atoms with Crippen LogP contribution in [-0.2, 0) is 13.0 Å². The first-order valence-electron chi connectivity index (χ1n) is 6.64. The van der Waals surface area contributed by atoms with Crippen molar-refractivity contribution in [2.45, 2.75) is 13.0 Å². The lowest BCUT2D eigenvalue weighted by molar-refractivity contribution is 0.100. The molecule has 0 aliphatic carbocycles. The van der Waals surface area contributed by atoms with Gasteiger partial charge in [0.2, 0.25) is 5.91 Å². The molecule has 0 unspecified atom stereocenters. The highest BCUT2D eigenvalue weighted by molar-refractivity contribution is 5.92. The van der Waals surface area contributed by atoms with Gasteiger partial charge in [0.15, 0.2) is 0 Å². The highest BCUT2D eigenvalue weighted by Crippen LogP contribution is 2.03. The molecule has 20 heavy (non-hydrogen) atoms. The van der Waals surface area contributed by atoms with Gasteiger partial charge in [-0.25, -0.2) is 0 Å². The molecule has 0 aliphatic rings. The first-order chi connectivity index (χ1) is 9.75. The summed E-state index contributed by atoms with van der Waals surface area (Å²) < 4.78 is 0. The summed E-state index contributed by atoms with van der Waals surface area (Å²) in [5.41, 5.74) is 14.5. The Labute approximate surface area is 119 Å². The van der Waals surface area contributed by atoms with Crippen LogP contribution in [0.15, 0.2) is 54.6 Å². The number of rotatable bonds is 7. The second kappa shape index (κ2) is 7.43. The molecular weight excluding hydrogens is 250 g/mol. The standard InChI is InChI=1S/C16H19N3O/c17-16(20)15-8-6-14(7-9-15)12-19-18-11-10-13-4-2-1-3-5-13/h1-9,18-19H,10-12H2,(H2,17,20). The van der Waals surface area contributed by atoms with Crippen molar-refractivity contribution in [3.05, 3.63) is 71.3 Å². The van der Waals surface area contributed by atoms with Gasteiger partial charge in [-0.3, -0.25) is 15.6 Å². The van der Waals surface area contributed by atoms with Crippen molar-refractivity contribution in [2.24, 2.45) is 5.73 Å². The van der Waals surface area contributed by atoms with Gasteiger partial charge in [0.05, 0.1) is 0 Å². The molecule has 0 radical (unpaired) electrons. The molecule has 0 bridgehead atoms. The van der Waals surface area contributed by atoms with E-state index < -0.39 is 5.91 Å². The van der Waals surface area contributed by atoms with Gasteiger partial charge in [-0.15, -0.1) is 0 Å². The van der Waals surface area contributed by atoms with Crippen LogP contribution in [0.5, 0.6) is 0 Å². The Balaban J connectivity index is 1.67. The molecule has 4 N–H and O–H groups in total. The van der Waals surface area contributed by atoms with Crippen LogP contribution in [0.1, 0.15) is 21.5 Å².